The average molecular weight is 397 g/mol. The van der Waals surface area contributed by atoms with E-state index in [-0.39, 0.29) is 0 Å². The highest BCUT2D eigenvalue weighted by Gasteiger charge is 2.20. The number of pyridine rings is 1. The van der Waals surface area contributed by atoms with Crippen molar-refractivity contribution >= 4 is 23.5 Å². The van der Waals surface area contributed by atoms with E-state index in [0.29, 0.717) is 29.8 Å². The number of rotatable bonds is 8. The lowest BCUT2D eigenvalue weighted by atomic mass is 9.81. The van der Waals surface area contributed by atoms with Gasteiger partial charge in [-0.1, -0.05) is 32.3 Å². The maximum absolute atomic E-state index is 9.39. The molecule has 2 aromatic heterocycles. The lowest BCUT2D eigenvalue weighted by Gasteiger charge is -2.28. The van der Waals surface area contributed by atoms with E-state index in [1.165, 1.54) is 32.1 Å². The van der Waals surface area contributed by atoms with Gasteiger partial charge < -0.3 is 10.6 Å². The molecule has 2 heterocycles. The largest absolute Gasteiger partial charge is 0.369 e. The molecule has 7 heteroatoms. The fourth-order valence-corrected chi connectivity index (χ4v) is 4.25. The highest BCUT2D eigenvalue weighted by Crippen LogP contribution is 2.30. The number of thioether (sulfide) groups is 1. The zero-order chi connectivity index (χ0) is 19.8. The Bertz CT molecular complexity index is 811. The third-order valence-corrected chi connectivity index (χ3v) is 6.25. The highest BCUT2D eigenvalue weighted by molar-refractivity contribution is 7.98. The molecule has 2 aromatic rings. The molecule has 0 atom stereocenters. The number of anilines is 2. The Labute approximate surface area is 171 Å². The van der Waals surface area contributed by atoms with E-state index in [1.54, 1.807) is 24.2 Å². The van der Waals surface area contributed by atoms with Crippen molar-refractivity contribution in [3.8, 4) is 6.07 Å². The van der Waals surface area contributed by atoms with Gasteiger partial charge in [0.15, 0.2) is 0 Å². The number of hydrogen-bond donors (Lipinski definition) is 2. The summed E-state index contributed by atoms with van der Waals surface area (Å²) >= 11 is 1.62. The summed E-state index contributed by atoms with van der Waals surface area (Å²) in [5, 5.41) is 17.0. The van der Waals surface area contributed by atoms with Crippen LogP contribution >= 0.6 is 11.8 Å². The van der Waals surface area contributed by atoms with E-state index in [1.807, 2.05) is 18.4 Å². The first kappa shape index (κ1) is 20.4. The lowest BCUT2D eigenvalue weighted by Crippen LogP contribution is -2.22. The quantitative estimate of drug-likeness (QED) is 0.625. The van der Waals surface area contributed by atoms with E-state index in [0.717, 1.165) is 23.1 Å². The summed E-state index contributed by atoms with van der Waals surface area (Å²) in [6.07, 6.45) is 11.8. The van der Waals surface area contributed by atoms with Crippen LogP contribution in [0.2, 0.25) is 0 Å². The molecule has 6 nitrogen and oxygen atoms in total. The minimum Gasteiger partial charge on any atom is -0.369 e. The van der Waals surface area contributed by atoms with Gasteiger partial charge in [0, 0.05) is 24.8 Å². The zero-order valence-corrected chi connectivity index (χ0v) is 17.4. The maximum Gasteiger partial charge on any atom is 0.224 e. The number of nitrogens with zero attached hydrogens (tertiary/aromatic N) is 4. The molecule has 0 aromatic carbocycles. The van der Waals surface area contributed by atoms with Crippen molar-refractivity contribution in [3.05, 3.63) is 35.7 Å². The summed E-state index contributed by atoms with van der Waals surface area (Å²) in [5.74, 6) is 2.68. The summed E-state index contributed by atoms with van der Waals surface area (Å²) in [5.41, 5.74) is 1.59. The first-order chi connectivity index (χ1) is 13.7. The van der Waals surface area contributed by atoms with Crippen molar-refractivity contribution in [1.82, 2.24) is 15.0 Å². The molecule has 28 heavy (non-hydrogen) atoms. The monoisotopic (exact) mass is 396 g/mol. The van der Waals surface area contributed by atoms with Crippen molar-refractivity contribution in [2.45, 2.75) is 50.6 Å². The number of hydrogen-bond acceptors (Lipinski definition) is 7. The lowest BCUT2D eigenvalue weighted by molar-refractivity contribution is 0.278. The molecule has 3 rings (SSSR count). The molecule has 2 N–H and O–H groups in total. The van der Waals surface area contributed by atoms with Gasteiger partial charge in [-0.25, -0.2) is 9.97 Å². The van der Waals surface area contributed by atoms with Crippen LogP contribution in [0, 0.1) is 23.2 Å². The molecule has 0 bridgehead atoms. The minimum atomic E-state index is 0.485. The Morgan fingerprint density at radius 2 is 1.96 bits per heavy atom. The summed E-state index contributed by atoms with van der Waals surface area (Å²) in [6.45, 7) is 3.74. The predicted octanol–water partition coefficient (Wildman–Crippen LogP) is 4.71. The Morgan fingerprint density at radius 1 is 1.18 bits per heavy atom. The molecule has 1 aliphatic rings. The fourth-order valence-electron chi connectivity index (χ4n) is 3.69. The molecule has 0 saturated heterocycles. The molecule has 0 unspecified atom stereocenters. The van der Waals surface area contributed by atoms with Crippen LogP contribution in [0.3, 0.4) is 0 Å². The molecule has 0 radical (unpaired) electrons. The van der Waals surface area contributed by atoms with E-state index < -0.39 is 0 Å². The first-order valence-corrected chi connectivity index (χ1v) is 11.2. The van der Waals surface area contributed by atoms with E-state index in [2.05, 4.69) is 38.6 Å². The third kappa shape index (κ3) is 5.35. The van der Waals surface area contributed by atoms with Crippen molar-refractivity contribution in [2.75, 3.05) is 23.4 Å². The van der Waals surface area contributed by atoms with Crippen LogP contribution in [-0.4, -0.2) is 27.8 Å². The van der Waals surface area contributed by atoms with E-state index >= 15 is 0 Å². The zero-order valence-electron chi connectivity index (χ0n) is 16.6. The molecule has 1 fully saturated rings. The van der Waals surface area contributed by atoms with Gasteiger partial charge in [0.05, 0.1) is 6.20 Å². The molecule has 0 amide bonds. The number of nitrogens with one attached hydrogen (secondary N) is 2. The van der Waals surface area contributed by atoms with Crippen LogP contribution in [0.4, 0.5) is 11.8 Å². The van der Waals surface area contributed by atoms with Gasteiger partial charge in [0.2, 0.25) is 5.95 Å². The van der Waals surface area contributed by atoms with Gasteiger partial charge in [-0.05, 0) is 37.0 Å². The van der Waals surface area contributed by atoms with Crippen LogP contribution in [0.15, 0.2) is 29.6 Å². The highest BCUT2D eigenvalue weighted by atomic mass is 32.2. The second kappa shape index (κ2) is 10.3. The Hall–Kier alpha value is -2.33. The van der Waals surface area contributed by atoms with Crippen LogP contribution in [-0.2, 0) is 6.54 Å². The summed E-state index contributed by atoms with van der Waals surface area (Å²) in [7, 11) is 0. The normalized spacial score (nSPS) is 19.0. The maximum atomic E-state index is 9.39. The standard InChI is InChI=1S/C21H28N6S/c1-3-15-6-8-16(9-7-15)12-24-19-18(11-22)14-26-21(27-19)25-13-17-5-4-10-23-20(17)28-2/h4-5,10,14-16H,3,6-9,12-13H2,1-2H3,(H2,24,25,26,27). The first-order valence-electron chi connectivity index (χ1n) is 9.96. The molecule has 1 saturated carbocycles. The van der Waals surface area contributed by atoms with Gasteiger partial charge >= 0.3 is 0 Å². The topological polar surface area (TPSA) is 86.5 Å². The van der Waals surface area contributed by atoms with E-state index in [4.69, 9.17) is 0 Å². The van der Waals surface area contributed by atoms with Gasteiger partial charge in [-0.3, -0.25) is 0 Å². The third-order valence-electron chi connectivity index (χ3n) is 5.49. The van der Waals surface area contributed by atoms with Crippen LogP contribution in [0.1, 0.15) is 50.2 Å². The van der Waals surface area contributed by atoms with Gasteiger partial charge in [-0.15, -0.1) is 11.8 Å². The number of aromatic nitrogens is 3. The van der Waals surface area contributed by atoms with Crippen LogP contribution in [0.25, 0.3) is 0 Å². The minimum absolute atomic E-state index is 0.485. The van der Waals surface area contributed by atoms with Gasteiger partial charge in [0.25, 0.3) is 0 Å². The van der Waals surface area contributed by atoms with Gasteiger partial charge in [0.1, 0.15) is 22.5 Å². The Balaban J connectivity index is 1.61. The van der Waals surface area contributed by atoms with Gasteiger partial charge in [-0.2, -0.15) is 10.2 Å². The predicted molar refractivity (Wildman–Crippen MR) is 114 cm³/mol. The van der Waals surface area contributed by atoms with Crippen molar-refractivity contribution in [2.24, 2.45) is 11.8 Å². The summed E-state index contributed by atoms with van der Waals surface area (Å²) in [6, 6.07) is 6.16. The molecule has 148 valence electrons. The summed E-state index contributed by atoms with van der Waals surface area (Å²) in [4.78, 5) is 13.2. The number of nitriles is 1. The molecule has 1 aliphatic carbocycles. The molecular formula is C21H28N6S. The second-order valence-electron chi connectivity index (χ2n) is 7.27. The SMILES string of the molecule is CCC1CCC(CNc2nc(NCc3cccnc3SC)ncc2C#N)CC1. The Morgan fingerprint density at radius 3 is 2.68 bits per heavy atom. The average Bonchev–Trinajstić information content (AvgIpc) is 2.76. The van der Waals surface area contributed by atoms with Crippen molar-refractivity contribution in [3.63, 3.8) is 0 Å². The molecule has 0 aliphatic heterocycles. The molecular weight excluding hydrogens is 368 g/mol. The van der Waals surface area contributed by atoms with Crippen LogP contribution in [0.5, 0.6) is 0 Å². The van der Waals surface area contributed by atoms with Crippen LogP contribution < -0.4 is 10.6 Å². The summed E-state index contributed by atoms with van der Waals surface area (Å²) < 4.78 is 0. The molecule has 0 spiro atoms. The van der Waals surface area contributed by atoms with E-state index in [9.17, 15) is 5.26 Å². The van der Waals surface area contributed by atoms with Crippen molar-refractivity contribution < 1.29 is 0 Å². The Kier molecular flexibility index (Phi) is 7.49. The fraction of sp³-hybridized carbons (Fsp3) is 0.524. The van der Waals surface area contributed by atoms with Crippen molar-refractivity contribution in [1.29, 1.82) is 5.26 Å². The second-order valence-corrected chi connectivity index (χ2v) is 8.06. The smallest absolute Gasteiger partial charge is 0.224 e.